The second-order valence-electron chi connectivity index (χ2n) is 4.36. The maximum atomic E-state index is 12.3. The first-order valence-electron chi connectivity index (χ1n) is 6.17. The van der Waals surface area contributed by atoms with Gasteiger partial charge in [0.05, 0.1) is 23.5 Å². The predicted octanol–water partition coefficient (Wildman–Crippen LogP) is 2.26. The van der Waals surface area contributed by atoms with Gasteiger partial charge in [0.25, 0.3) is 0 Å². The third-order valence-corrected chi connectivity index (χ3v) is 4.64. The zero-order valence-corrected chi connectivity index (χ0v) is 12.3. The van der Waals surface area contributed by atoms with Crippen molar-refractivity contribution in [2.75, 3.05) is 32.0 Å². The minimum absolute atomic E-state index is 0.104. The maximum absolute atomic E-state index is 12.3. The topological polar surface area (TPSA) is 55.6 Å². The molecule has 1 saturated heterocycles. The largest absolute Gasteiger partial charge is 0.398 e. The van der Waals surface area contributed by atoms with Crippen molar-refractivity contribution in [1.29, 1.82) is 0 Å². The molecule has 4 nitrogen and oxygen atoms in total. The lowest BCUT2D eigenvalue weighted by Gasteiger charge is -2.29. The van der Waals surface area contributed by atoms with Crippen molar-refractivity contribution in [2.45, 2.75) is 17.1 Å². The van der Waals surface area contributed by atoms with E-state index in [2.05, 4.69) is 0 Å². The number of nitrogens with two attached hydrogens (primary N) is 1. The molecule has 1 heterocycles. The van der Waals surface area contributed by atoms with E-state index < -0.39 is 0 Å². The highest BCUT2D eigenvalue weighted by molar-refractivity contribution is 8.00. The average molecular weight is 301 g/mol. The summed E-state index contributed by atoms with van der Waals surface area (Å²) in [7, 11) is 0. The van der Waals surface area contributed by atoms with Crippen LogP contribution in [0.2, 0.25) is 5.02 Å². The summed E-state index contributed by atoms with van der Waals surface area (Å²) in [5.41, 5.74) is 6.51. The van der Waals surface area contributed by atoms with E-state index in [0.29, 0.717) is 37.0 Å². The van der Waals surface area contributed by atoms with E-state index in [9.17, 15) is 4.79 Å². The molecule has 0 bridgehead atoms. The number of morpholine rings is 1. The van der Waals surface area contributed by atoms with Crippen LogP contribution in [0.3, 0.4) is 0 Å². The molecule has 1 unspecified atom stereocenters. The molecule has 1 amide bonds. The minimum atomic E-state index is -0.208. The number of carbonyl (C=O) groups excluding carboxylic acids is 1. The van der Waals surface area contributed by atoms with E-state index in [4.69, 9.17) is 22.1 Å². The van der Waals surface area contributed by atoms with Gasteiger partial charge >= 0.3 is 0 Å². The highest BCUT2D eigenvalue weighted by atomic mass is 35.5. The first kappa shape index (κ1) is 14.5. The van der Waals surface area contributed by atoms with Crippen LogP contribution in [0.1, 0.15) is 6.92 Å². The van der Waals surface area contributed by atoms with Gasteiger partial charge in [-0.1, -0.05) is 17.7 Å². The monoisotopic (exact) mass is 300 g/mol. The van der Waals surface area contributed by atoms with Crippen LogP contribution in [-0.2, 0) is 9.53 Å². The second kappa shape index (κ2) is 6.50. The Hall–Kier alpha value is -0.910. The first-order valence-corrected chi connectivity index (χ1v) is 7.42. The molecular weight excluding hydrogens is 284 g/mol. The lowest BCUT2D eigenvalue weighted by molar-refractivity contribution is -0.134. The summed E-state index contributed by atoms with van der Waals surface area (Å²) < 4.78 is 5.24. The zero-order chi connectivity index (χ0) is 13.8. The molecule has 2 N–H and O–H groups in total. The Bertz CT molecular complexity index is 444. The molecule has 0 saturated carbocycles. The number of hydrogen-bond acceptors (Lipinski definition) is 4. The number of nitrogen functional groups attached to an aromatic ring is 1. The quantitative estimate of drug-likeness (QED) is 0.687. The van der Waals surface area contributed by atoms with E-state index in [1.165, 1.54) is 11.8 Å². The Kier molecular flexibility index (Phi) is 4.96. The molecule has 2 rings (SSSR count). The fraction of sp³-hybridized carbons (Fsp3) is 0.462. The summed E-state index contributed by atoms with van der Waals surface area (Å²) in [6.45, 7) is 4.41. The number of nitrogens with zero attached hydrogens (tertiary/aromatic N) is 1. The molecule has 0 spiro atoms. The van der Waals surface area contributed by atoms with Crippen LogP contribution in [0, 0.1) is 0 Å². The zero-order valence-electron chi connectivity index (χ0n) is 10.8. The third kappa shape index (κ3) is 3.55. The molecule has 1 aliphatic rings. The molecule has 0 aliphatic carbocycles. The van der Waals surface area contributed by atoms with E-state index in [0.717, 1.165) is 4.90 Å². The highest BCUT2D eigenvalue weighted by Gasteiger charge is 2.24. The lowest BCUT2D eigenvalue weighted by Crippen LogP contribution is -2.44. The molecule has 1 atom stereocenters. The molecule has 0 aromatic heterocycles. The van der Waals surface area contributed by atoms with Gasteiger partial charge in [0, 0.05) is 23.7 Å². The minimum Gasteiger partial charge on any atom is -0.398 e. The number of thioether (sulfide) groups is 1. The van der Waals surface area contributed by atoms with Crippen LogP contribution in [0.15, 0.2) is 23.1 Å². The van der Waals surface area contributed by atoms with Crippen molar-refractivity contribution in [3.8, 4) is 0 Å². The van der Waals surface area contributed by atoms with Gasteiger partial charge in [0.2, 0.25) is 5.91 Å². The van der Waals surface area contributed by atoms with E-state index >= 15 is 0 Å². The molecule has 19 heavy (non-hydrogen) atoms. The highest BCUT2D eigenvalue weighted by Crippen LogP contribution is 2.35. The SMILES string of the molecule is CC(Sc1c(N)cccc1Cl)C(=O)N1CCOCC1. The standard InChI is InChI=1S/C13H17ClN2O2S/c1-9(13(17)16-5-7-18-8-6-16)19-12-10(14)3-2-4-11(12)15/h2-4,9H,5-8,15H2,1H3. The predicted molar refractivity (Wildman–Crippen MR) is 78.6 cm³/mol. The second-order valence-corrected chi connectivity index (χ2v) is 6.11. The van der Waals surface area contributed by atoms with Crippen LogP contribution in [0.25, 0.3) is 0 Å². The third-order valence-electron chi connectivity index (χ3n) is 2.96. The van der Waals surface area contributed by atoms with Crippen LogP contribution < -0.4 is 5.73 Å². The van der Waals surface area contributed by atoms with Crippen molar-refractivity contribution in [1.82, 2.24) is 4.90 Å². The number of rotatable bonds is 3. The molecule has 0 radical (unpaired) electrons. The Morgan fingerprint density at radius 3 is 2.79 bits per heavy atom. The van der Waals surface area contributed by atoms with Crippen molar-refractivity contribution >= 4 is 35.0 Å². The first-order chi connectivity index (χ1) is 9.09. The number of carbonyl (C=O) groups is 1. The van der Waals surface area contributed by atoms with E-state index in [-0.39, 0.29) is 11.2 Å². The van der Waals surface area contributed by atoms with Crippen molar-refractivity contribution in [2.24, 2.45) is 0 Å². The number of ether oxygens (including phenoxy) is 1. The van der Waals surface area contributed by atoms with Crippen LogP contribution >= 0.6 is 23.4 Å². The molecule has 104 valence electrons. The number of amides is 1. The van der Waals surface area contributed by atoms with Gasteiger partial charge in [-0.2, -0.15) is 0 Å². The fourth-order valence-electron chi connectivity index (χ4n) is 1.92. The summed E-state index contributed by atoms with van der Waals surface area (Å²) in [4.78, 5) is 14.9. The Morgan fingerprint density at radius 1 is 1.47 bits per heavy atom. The number of halogens is 1. The molecule has 6 heteroatoms. The van der Waals surface area contributed by atoms with Gasteiger partial charge < -0.3 is 15.4 Å². The van der Waals surface area contributed by atoms with E-state index in [1.807, 2.05) is 11.8 Å². The summed E-state index contributed by atoms with van der Waals surface area (Å²) in [5.74, 6) is 0.104. The van der Waals surface area contributed by atoms with Gasteiger partial charge in [-0.05, 0) is 19.1 Å². The van der Waals surface area contributed by atoms with Crippen molar-refractivity contribution in [3.63, 3.8) is 0 Å². The van der Waals surface area contributed by atoms with Gasteiger partial charge in [0.15, 0.2) is 0 Å². The maximum Gasteiger partial charge on any atom is 0.235 e. The number of hydrogen-bond donors (Lipinski definition) is 1. The van der Waals surface area contributed by atoms with Crippen molar-refractivity contribution < 1.29 is 9.53 Å². The fourth-order valence-corrected chi connectivity index (χ4v) is 3.22. The van der Waals surface area contributed by atoms with Gasteiger partial charge in [-0.3, -0.25) is 4.79 Å². The molecular formula is C13H17ClN2O2S. The van der Waals surface area contributed by atoms with Crippen molar-refractivity contribution in [3.05, 3.63) is 23.2 Å². The molecule has 1 aliphatic heterocycles. The summed E-state index contributed by atoms with van der Waals surface area (Å²) in [6, 6.07) is 5.38. The molecule has 1 aromatic carbocycles. The number of benzene rings is 1. The Labute approximate surface area is 122 Å². The van der Waals surface area contributed by atoms with Gasteiger partial charge in [0.1, 0.15) is 0 Å². The average Bonchev–Trinajstić information content (AvgIpc) is 2.43. The summed E-state index contributed by atoms with van der Waals surface area (Å²) in [5, 5.41) is 0.381. The molecule has 1 aromatic rings. The van der Waals surface area contributed by atoms with Crippen LogP contribution in [0.4, 0.5) is 5.69 Å². The Morgan fingerprint density at radius 2 is 2.16 bits per heavy atom. The van der Waals surface area contributed by atoms with Crippen LogP contribution in [0.5, 0.6) is 0 Å². The Balaban J connectivity index is 2.03. The normalized spacial score (nSPS) is 17.3. The smallest absolute Gasteiger partial charge is 0.235 e. The van der Waals surface area contributed by atoms with Crippen LogP contribution in [-0.4, -0.2) is 42.4 Å². The van der Waals surface area contributed by atoms with E-state index in [1.54, 1.807) is 18.2 Å². The lowest BCUT2D eigenvalue weighted by atomic mass is 10.3. The van der Waals surface area contributed by atoms with Gasteiger partial charge in [-0.15, -0.1) is 11.8 Å². The number of anilines is 1. The van der Waals surface area contributed by atoms with Gasteiger partial charge in [-0.25, -0.2) is 0 Å². The molecule has 1 fully saturated rings. The summed E-state index contributed by atoms with van der Waals surface area (Å²) in [6.07, 6.45) is 0. The summed E-state index contributed by atoms with van der Waals surface area (Å²) >= 11 is 7.53.